The molecule has 3 heteroatoms. The Morgan fingerprint density at radius 1 is 1.10 bits per heavy atom. The molecule has 0 amide bonds. The SMILES string of the molecule is CC(N)C1(c2ccc(N3CCOCC3)cc2)CCCC1. The molecule has 2 aliphatic rings. The number of nitrogens with zero attached hydrogens (tertiary/aromatic N) is 1. The molecule has 0 bridgehead atoms. The third-order valence-corrected chi connectivity index (χ3v) is 5.19. The summed E-state index contributed by atoms with van der Waals surface area (Å²) >= 11 is 0. The van der Waals surface area contributed by atoms with Gasteiger partial charge in [0, 0.05) is 30.2 Å². The Labute approximate surface area is 122 Å². The summed E-state index contributed by atoms with van der Waals surface area (Å²) in [6.07, 6.45) is 5.10. The number of rotatable bonds is 3. The van der Waals surface area contributed by atoms with Crippen molar-refractivity contribution in [3.63, 3.8) is 0 Å². The Kier molecular flexibility index (Phi) is 3.99. The van der Waals surface area contributed by atoms with Gasteiger partial charge in [0.05, 0.1) is 13.2 Å². The van der Waals surface area contributed by atoms with E-state index in [1.165, 1.54) is 36.9 Å². The van der Waals surface area contributed by atoms with Crippen LogP contribution in [0.25, 0.3) is 0 Å². The molecule has 2 N–H and O–H groups in total. The summed E-state index contributed by atoms with van der Waals surface area (Å²) in [5.74, 6) is 0. The van der Waals surface area contributed by atoms with Crippen molar-refractivity contribution in [2.45, 2.75) is 44.1 Å². The van der Waals surface area contributed by atoms with Crippen molar-refractivity contribution in [2.75, 3.05) is 31.2 Å². The molecule has 1 unspecified atom stereocenters. The minimum absolute atomic E-state index is 0.212. The predicted molar refractivity (Wildman–Crippen MR) is 83.3 cm³/mol. The van der Waals surface area contributed by atoms with Gasteiger partial charge in [0.15, 0.2) is 0 Å². The van der Waals surface area contributed by atoms with Gasteiger partial charge >= 0.3 is 0 Å². The molecule has 3 nitrogen and oxygen atoms in total. The zero-order chi connectivity index (χ0) is 14.0. The van der Waals surface area contributed by atoms with Crippen molar-refractivity contribution in [3.8, 4) is 0 Å². The zero-order valence-corrected chi connectivity index (χ0v) is 12.5. The van der Waals surface area contributed by atoms with Crippen molar-refractivity contribution >= 4 is 5.69 Å². The normalized spacial score (nSPS) is 23.8. The van der Waals surface area contributed by atoms with Gasteiger partial charge in [-0.1, -0.05) is 25.0 Å². The molecule has 0 spiro atoms. The van der Waals surface area contributed by atoms with Gasteiger partial charge in [-0.15, -0.1) is 0 Å². The molecule has 0 radical (unpaired) electrons. The minimum Gasteiger partial charge on any atom is -0.378 e. The fraction of sp³-hybridized carbons (Fsp3) is 0.647. The number of hydrogen-bond acceptors (Lipinski definition) is 3. The van der Waals surface area contributed by atoms with E-state index >= 15 is 0 Å². The van der Waals surface area contributed by atoms with E-state index < -0.39 is 0 Å². The molecule has 20 heavy (non-hydrogen) atoms. The van der Waals surface area contributed by atoms with Gasteiger partial charge < -0.3 is 15.4 Å². The van der Waals surface area contributed by atoms with Crippen molar-refractivity contribution in [2.24, 2.45) is 5.73 Å². The maximum atomic E-state index is 6.32. The number of ether oxygens (including phenoxy) is 1. The van der Waals surface area contributed by atoms with E-state index in [0.717, 1.165) is 26.3 Å². The van der Waals surface area contributed by atoms with E-state index in [1.54, 1.807) is 0 Å². The second-order valence-corrected chi connectivity index (χ2v) is 6.30. The third kappa shape index (κ3) is 2.45. The van der Waals surface area contributed by atoms with Gasteiger partial charge in [-0.3, -0.25) is 0 Å². The number of anilines is 1. The summed E-state index contributed by atoms with van der Waals surface area (Å²) < 4.78 is 5.42. The predicted octanol–water partition coefficient (Wildman–Crippen LogP) is 2.68. The maximum Gasteiger partial charge on any atom is 0.0642 e. The lowest BCUT2D eigenvalue weighted by atomic mass is 9.73. The van der Waals surface area contributed by atoms with Crippen molar-refractivity contribution in [1.82, 2.24) is 0 Å². The molecule has 1 saturated carbocycles. The minimum atomic E-state index is 0.212. The largest absolute Gasteiger partial charge is 0.378 e. The van der Waals surface area contributed by atoms with Crippen LogP contribution in [0.3, 0.4) is 0 Å². The van der Waals surface area contributed by atoms with Crippen molar-refractivity contribution in [3.05, 3.63) is 29.8 Å². The summed E-state index contributed by atoms with van der Waals surface area (Å²) in [5.41, 5.74) is 9.28. The van der Waals surface area contributed by atoms with Gasteiger partial charge in [-0.2, -0.15) is 0 Å². The molecule has 2 fully saturated rings. The number of hydrogen-bond donors (Lipinski definition) is 1. The molecule has 1 saturated heterocycles. The number of morpholine rings is 1. The van der Waals surface area contributed by atoms with E-state index in [1.807, 2.05) is 0 Å². The number of benzene rings is 1. The first-order chi connectivity index (χ1) is 9.72. The highest BCUT2D eigenvalue weighted by atomic mass is 16.5. The summed E-state index contributed by atoms with van der Waals surface area (Å²) in [7, 11) is 0. The third-order valence-electron chi connectivity index (χ3n) is 5.19. The molecule has 1 aromatic carbocycles. The fourth-order valence-electron chi connectivity index (χ4n) is 3.84. The molecule has 1 aliphatic carbocycles. The fourth-order valence-corrected chi connectivity index (χ4v) is 3.84. The van der Waals surface area contributed by atoms with Gasteiger partial charge in [-0.05, 0) is 37.5 Å². The van der Waals surface area contributed by atoms with E-state index in [0.29, 0.717) is 0 Å². The van der Waals surface area contributed by atoms with Crippen LogP contribution in [-0.2, 0) is 10.2 Å². The van der Waals surface area contributed by atoms with E-state index in [4.69, 9.17) is 10.5 Å². The van der Waals surface area contributed by atoms with Crippen LogP contribution >= 0.6 is 0 Å². The van der Waals surface area contributed by atoms with E-state index in [9.17, 15) is 0 Å². The molecular formula is C17H26N2O. The summed E-state index contributed by atoms with van der Waals surface area (Å²) in [6.45, 7) is 5.84. The molecule has 1 atom stereocenters. The lowest BCUT2D eigenvalue weighted by Gasteiger charge is -2.35. The quantitative estimate of drug-likeness (QED) is 0.921. The van der Waals surface area contributed by atoms with Crippen LogP contribution in [0.4, 0.5) is 5.69 Å². The molecule has 110 valence electrons. The Bertz CT molecular complexity index is 429. The van der Waals surface area contributed by atoms with Crippen LogP contribution < -0.4 is 10.6 Å². The van der Waals surface area contributed by atoms with Gasteiger partial charge in [0.25, 0.3) is 0 Å². The van der Waals surface area contributed by atoms with Crippen LogP contribution in [0.15, 0.2) is 24.3 Å². The van der Waals surface area contributed by atoms with Crippen LogP contribution in [0.1, 0.15) is 38.2 Å². The lowest BCUT2D eigenvalue weighted by molar-refractivity contribution is 0.122. The van der Waals surface area contributed by atoms with Crippen molar-refractivity contribution in [1.29, 1.82) is 0 Å². The summed E-state index contributed by atoms with van der Waals surface area (Å²) in [4.78, 5) is 2.40. The average Bonchev–Trinajstić information content (AvgIpc) is 2.99. The van der Waals surface area contributed by atoms with Crippen LogP contribution in [0.2, 0.25) is 0 Å². The second kappa shape index (κ2) is 5.74. The van der Waals surface area contributed by atoms with Crippen LogP contribution in [0, 0.1) is 0 Å². The average molecular weight is 274 g/mol. The topological polar surface area (TPSA) is 38.5 Å². The first kappa shape index (κ1) is 13.9. The smallest absolute Gasteiger partial charge is 0.0642 e. The van der Waals surface area contributed by atoms with E-state index in [2.05, 4.69) is 36.1 Å². The highest BCUT2D eigenvalue weighted by Gasteiger charge is 2.38. The van der Waals surface area contributed by atoms with Gasteiger partial charge in [-0.25, -0.2) is 0 Å². The highest BCUT2D eigenvalue weighted by molar-refractivity contribution is 5.49. The monoisotopic (exact) mass is 274 g/mol. The zero-order valence-electron chi connectivity index (χ0n) is 12.5. The first-order valence-electron chi connectivity index (χ1n) is 7.91. The summed E-state index contributed by atoms with van der Waals surface area (Å²) in [6, 6.07) is 9.38. The molecule has 1 heterocycles. The Morgan fingerprint density at radius 3 is 2.25 bits per heavy atom. The molecule has 0 aromatic heterocycles. The first-order valence-corrected chi connectivity index (χ1v) is 7.91. The molecule has 1 aromatic rings. The molecule has 1 aliphatic heterocycles. The van der Waals surface area contributed by atoms with Crippen LogP contribution in [0.5, 0.6) is 0 Å². The maximum absolute atomic E-state index is 6.32. The lowest BCUT2D eigenvalue weighted by Crippen LogP contribution is -2.41. The van der Waals surface area contributed by atoms with E-state index in [-0.39, 0.29) is 11.5 Å². The molecular weight excluding hydrogens is 248 g/mol. The second-order valence-electron chi connectivity index (χ2n) is 6.30. The Hall–Kier alpha value is -1.06. The van der Waals surface area contributed by atoms with Crippen molar-refractivity contribution < 1.29 is 4.74 Å². The standard InChI is InChI=1S/C17H26N2O/c1-14(18)17(8-2-3-9-17)15-4-6-16(7-5-15)19-10-12-20-13-11-19/h4-7,14H,2-3,8-13,18H2,1H3. The Balaban J connectivity index is 1.81. The number of nitrogens with two attached hydrogens (primary N) is 1. The van der Waals surface area contributed by atoms with Gasteiger partial charge in [0.2, 0.25) is 0 Å². The summed E-state index contributed by atoms with van der Waals surface area (Å²) in [5, 5.41) is 0. The highest BCUT2D eigenvalue weighted by Crippen LogP contribution is 2.43. The molecule has 3 rings (SSSR count). The Morgan fingerprint density at radius 2 is 1.70 bits per heavy atom. The van der Waals surface area contributed by atoms with Gasteiger partial charge in [0.1, 0.15) is 0 Å². The van der Waals surface area contributed by atoms with Crippen LogP contribution in [-0.4, -0.2) is 32.3 Å².